The number of nitrogens with one attached hydrogen (secondary N) is 1. The van der Waals surface area contributed by atoms with Gasteiger partial charge < -0.3 is 5.43 Å². The van der Waals surface area contributed by atoms with Crippen LogP contribution in [0.5, 0.6) is 0 Å². The van der Waals surface area contributed by atoms with E-state index in [2.05, 4.69) is 34.3 Å². The van der Waals surface area contributed by atoms with Gasteiger partial charge >= 0.3 is 0 Å². The van der Waals surface area contributed by atoms with Gasteiger partial charge in [-0.1, -0.05) is 13.8 Å². The van der Waals surface area contributed by atoms with Gasteiger partial charge in [-0.2, -0.15) is 5.10 Å². The SMILES string of the molecule is Cc1nn(C)cc1-c1nc(CC(C)C)cc(NN)n1. The van der Waals surface area contributed by atoms with E-state index in [0.29, 0.717) is 17.6 Å². The Bertz CT molecular complexity index is 573. The Morgan fingerprint density at radius 3 is 2.63 bits per heavy atom. The number of aromatic nitrogens is 4. The van der Waals surface area contributed by atoms with Gasteiger partial charge in [-0.15, -0.1) is 0 Å². The van der Waals surface area contributed by atoms with E-state index in [1.165, 1.54) is 0 Å². The number of hydrazine groups is 1. The van der Waals surface area contributed by atoms with Gasteiger partial charge in [-0.3, -0.25) is 4.68 Å². The van der Waals surface area contributed by atoms with Crippen LogP contribution in [0.15, 0.2) is 12.3 Å². The first kappa shape index (κ1) is 13.5. The lowest BCUT2D eigenvalue weighted by Gasteiger charge is -2.08. The third kappa shape index (κ3) is 3.08. The molecule has 2 aromatic heterocycles. The summed E-state index contributed by atoms with van der Waals surface area (Å²) in [6.45, 7) is 6.27. The van der Waals surface area contributed by atoms with E-state index in [4.69, 9.17) is 5.84 Å². The molecule has 0 aliphatic carbocycles. The van der Waals surface area contributed by atoms with Gasteiger partial charge in [0.2, 0.25) is 0 Å². The summed E-state index contributed by atoms with van der Waals surface area (Å²) >= 11 is 0. The lowest BCUT2D eigenvalue weighted by Crippen LogP contribution is -2.11. The lowest BCUT2D eigenvalue weighted by molar-refractivity contribution is 0.635. The third-order valence-corrected chi connectivity index (χ3v) is 2.80. The molecule has 0 aromatic carbocycles. The lowest BCUT2D eigenvalue weighted by atomic mass is 10.1. The van der Waals surface area contributed by atoms with Crippen molar-refractivity contribution in [2.45, 2.75) is 27.2 Å². The van der Waals surface area contributed by atoms with Gasteiger partial charge in [0.25, 0.3) is 0 Å². The average Bonchev–Trinajstić information content (AvgIpc) is 2.67. The predicted molar refractivity (Wildman–Crippen MR) is 75.3 cm³/mol. The molecule has 0 spiro atoms. The van der Waals surface area contributed by atoms with Gasteiger partial charge in [0, 0.05) is 25.0 Å². The number of nitrogen functional groups attached to an aromatic ring is 1. The van der Waals surface area contributed by atoms with E-state index in [-0.39, 0.29) is 0 Å². The molecular weight excluding hydrogens is 240 g/mol. The number of aryl methyl sites for hydroxylation is 2. The van der Waals surface area contributed by atoms with E-state index >= 15 is 0 Å². The predicted octanol–water partition coefficient (Wildman–Crippen LogP) is 1.67. The third-order valence-electron chi connectivity index (χ3n) is 2.80. The normalized spacial score (nSPS) is 11.1. The largest absolute Gasteiger partial charge is 0.308 e. The molecule has 2 aromatic rings. The highest BCUT2D eigenvalue weighted by atomic mass is 15.3. The molecule has 102 valence electrons. The second-order valence-corrected chi connectivity index (χ2v) is 5.11. The Morgan fingerprint density at radius 1 is 1.37 bits per heavy atom. The van der Waals surface area contributed by atoms with Crippen molar-refractivity contribution in [1.29, 1.82) is 0 Å². The quantitative estimate of drug-likeness (QED) is 0.645. The van der Waals surface area contributed by atoms with Crippen LogP contribution in [0, 0.1) is 12.8 Å². The summed E-state index contributed by atoms with van der Waals surface area (Å²) in [5.41, 5.74) is 5.43. The van der Waals surface area contributed by atoms with E-state index in [0.717, 1.165) is 23.4 Å². The fraction of sp³-hybridized carbons (Fsp3) is 0.462. The smallest absolute Gasteiger partial charge is 0.165 e. The minimum absolute atomic E-state index is 0.531. The maximum absolute atomic E-state index is 5.48. The Balaban J connectivity index is 2.47. The topological polar surface area (TPSA) is 81.7 Å². The Morgan fingerprint density at radius 2 is 2.11 bits per heavy atom. The van der Waals surface area contributed by atoms with Crippen molar-refractivity contribution in [2.24, 2.45) is 18.8 Å². The molecule has 19 heavy (non-hydrogen) atoms. The van der Waals surface area contributed by atoms with Crippen LogP contribution < -0.4 is 11.3 Å². The molecule has 0 radical (unpaired) electrons. The second kappa shape index (κ2) is 5.36. The fourth-order valence-electron chi connectivity index (χ4n) is 2.03. The summed E-state index contributed by atoms with van der Waals surface area (Å²) in [7, 11) is 1.89. The number of anilines is 1. The summed E-state index contributed by atoms with van der Waals surface area (Å²) < 4.78 is 1.76. The first-order chi connectivity index (χ1) is 8.99. The molecule has 0 amide bonds. The molecule has 6 nitrogen and oxygen atoms in total. The van der Waals surface area contributed by atoms with Crippen molar-refractivity contribution in [2.75, 3.05) is 5.43 Å². The zero-order chi connectivity index (χ0) is 14.0. The summed E-state index contributed by atoms with van der Waals surface area (Å²) in [5, 5.41) is 4.32. The average molecular weight is 260 g/mol. The number of hydrogen-bond acceptors (Lipinski definition) is 5. The van der Waals surface area contributed by atoms with Crippen LogP contribution in [-0.4, -0.2) is 19.7 Å². The van der Waals surface area contributed by atoms with E-state index in [1.54, 1.807) is 4.68 Å². The number of rotatable bonds is 4. The highest BCUT2D eigenvalue weighted by Gasteiger charge is 2.12. The molecule has 6 heteroatoms. The minimum atomic E-state index is 0.531. The van der Waals surface area contributed by atoms with E-state index < -0.39 is 0 Å². The Hall–Kier alpha value is -1.95. The monoisotopic (exact) mass is 260 g/mol. The van der Waals surface area contributed by atoms with Crippen molar-refractivity contribution in [3.05, 3.63) is 23.7 Å². The molecule has 0 bridgehead atoms. The molecule has 0 fully saturated rings. The molecule has 0 aliphatic heterocycles. The van der Waals surface area contributed by atoms with Crippen LogP contribution in [0.25, 0.3) is 11.4 Å². The van der Waals surface area contributed by atoms with Crippen LogP contribution in [0.4, 0.5) is 5.82 Å². The van der Waals surface area contributed by atoms with Gasteiger partial charge in [-0.25, -0.2) is 15.8 Å². The zero-order valence-corrected chi connectivity index (χ0v) is 11.8. The van der Waals surface area contributed by atoms with Crippen molar-refractivity contribution in [1.82, 2.24) is 19.7 Å². The highest BCUT2D eigenvalue weighted by molar-refractivity contribution is 5.59. The molecule has 0 aliphatic rings. The van der Waals surface area contributed by atoms with Gasteiger partial charge in [0.15, 0.2) is 5.82 Å². The molecule has 0 saturated heterocycles. The molecular formula is C13H20N6. The van der Waals surface area contributed by atoms with Crippen LogP contribution in [0.1, 0.15) is 25.2 Å². The fourth-order valence-corrected chi connectivity index (χ4v) is 2.03. The molecule has 0 saturated carbocycles. The summed E-state index contributed by atoms with van der Waals surface area (Å²) in [4.78, 5) is 9.01. The summed E-state index contributed by atoms with van der Waals surface area (Å²) in [6.07, 6.45) is 2.81. The van der Waals surface area contributed by atoms with Crippen LogP contribution >= 0.6 is 0 Å². The highest BCUT2D eigenvalue weighted by Crippen LogP contribution is 2.21. The number of nitrogens with zero attached hydrogens (tertiary/aromatic N) is 4. The molecule has 3 N–H and O–H groups in total. The molecule has 2 heterocycles. The standard InChI is InChI=1S/C13H20N6/c1-8(2)5-10-6-12(17-14)16-13(15-10)11-7-19(4)18-9(11)3/h6-8H,5,14H2,1-4H3,(H,15,16,17). The zero-order valence-electron chi connectivity index (χ0n) is 11.8. The summed E-state index contributed by atoms with van der Waals surface area (Å²) in [6, 6.07) is 1.88. The van der Waals surface area contributed by atoms with Crippen LogP contribution in [0.3, 0.4) is 0 Å². The van der Waals surface area contributed by atoms with Crippen molar-refractivity contribution >= 4 is 5.82 Å². The minimum Gasteiger partial charge on any atom is -0.308 e. The Labute approximate surface area is 113 Å². The summed E-state index contributed by atoms with van der Waals surface area (Å²) in [5.74, 6) is 7.30. The van der Waals surface area contributed by atoms with Gasteiger partial charge in [-0.05, 0) is 19.3 Å². The maximum atomic E-state index is 5.48. The van der Waals surface area contributed by atoms with E-state index in [9.17, 15) is 0 Å². The molecule has 0 atom stereocenters. The first-order valence-electron chi connectivity index (χ1n) is 6.34. The van der Waals surface area contributed by atoms with Gasteiger partial charge in [0.1, 0.15) is 5.82 Å². The molecule has 2 rings (SSSR count). The van der Waals surface area contributed by atoms with Crippen molar-refractivity contribution < 1.29 is 0 Å². The van der Waals surface area contributed by atoms with Crippen molar-refractivity contribution in [3.63, 3.8) is 0 Å². The molecule has 0 unspecified atom stereocenters. The Kier molecular flexibility index (Phi) is 3.80. The van der Waals surface area contributed by atoms with E-state index in [1.807, 2.05) is 26.2 Å². The second-order valence-electron chi connectivity index (χ2n) is 5.11. The first-order valence-corrected chi connectivity index (χ1v) is 6.34. The maximum Gasteiger partial charge on any atom is 0.165 e. The van der Waals surface area contributed by atoms with Crippen LogP contribution in [-0.2, 0) is 13.5 Å². The van der Waals surface area contributed by atoms with Crippen molar-refractivity contribution in [3.8, 4) is 11.4 Å². The van der Waals surface area contributed by atoms with Crippen LogP contribution in [0.2, 0.25) is 0 Å². The number of nitrogens with two attached hydrogens (primary N) is 1. The number of hydrogen-bond donors (Lipinski definition) is 2. The van der Waals surface area contributed by atoms with Gasteiger partial charge in [0.05, 0.1) is 11.3 Å².